The van der Waals surface area contributed by atoms with Crippen molar-refractivity contribution in [2.45, 2.75) is 32.0 Å². The van der Waals surface area contributed by atoms with Crippen LogP contribution >= 0.6 is 0 Å². The second-order valence-electron chi connectivity index (χ2n) is 5.41. The van der Waals surface area contributed by atoms with E-state index in [0.717, 1.165) is 37.5 Å². The fraction of sp³-hybridized carbons (Fsp3) is 0.625. The smallest absolute Gasteiger partial charge is 0.123 e. The van der Waals surface area contributed by atoms with Gasteiger partial charge in [0, 0.05) is 31.2 Å². The Hall–Kier alpha value is -1.14. The Morgan fingerprint density at radius 3 is 3.05 bits per heavy atom. The Bertz CT molecular complexity index is 428. The molecular formula is C16H26N2O3. The lowest BCUT2D eigenvalue weighted by Gasteiger charge is -2.36. The normalized spacial score (nSPS) is 21.2. The van der Waals surface area contributed by atoms with Crippen LogP contribution in [0, 0.1) is 0 Å². The molecule has 2 atom stereocenters. The number of rotatable bonds is 7. The van der Waals surface area contributed by atoms with Crippen LogP contribution in [-0.4, -0.2) is 55.1 Å². The molecule has 1 aliphatic heterocycles. The van der Waals surface area contributed by atoms with Crippen LogP contribution in [0.15, 0.2) is 24.3 Å². The van der Waals surface area contributed by atoms with Crippen LogP contribution in [0.2, 0.25) is 0 Å². The molecule has 118 valence electrons. The minimum Gasteiger partial charge on any atom is -0.491 e. The van der Waals surface area contributed by atoms with E-state index < -0.39 is 6.10 Å². The van der Waals surface area contributed by atoms with Crippen LogP contribution in [0.3, 0.4) is 0 Å². The van der Waals surface area contributed by atoms with Crippen LogP contribution in [-0.2, 0) is 11.3 Å². The number of ether oxygens (including phenoxy) is 2. The van der Waals surface area contributed by atoms with E-state index in [1.807, 2.05) is 24.3 Å². The van der Waals surface area contributed by atoms with Gasteiger partial charge in [0.2, 0.25) is 0 Å². The largest absolute Gasteiger partial charge is 0.491 e. The van der Waals surface area contributed by atoms with Crippen molar-refractivity contribution in [3.05, 3.63) is 29.8 Å². The molecule has 1 aromatic rings. The lowest BCUT2D eigenvalue weighted by Crippen LogP contribution is -2.49. The third-order valence-corrected chi connectivity index (χ3v) is 3.89. The molecule has 3 N–H and O–H groups in total. The molecule has 1 fully saturated rings. The molecule has 0 aliphatic carbocycles. The van der Waals surface area contributed by atoms with E-state index in [1.165, 1.54) is 0 Å². The van der Waals surface area contributed by atoms with Crippen molar-refractivity contribution in [1.82, 2.24) is 4.90 Å². The summed E-state index contributed by atoms with van der Waals surface area (Å²) >= 11 is 0. The van der Waals surface area contributed by atoms with Crippen LogP contribution in [0.25, 0.3) is 0 Å². The van der Waals surface area contributed by atoms with Crippen molar-refractivity contribution in [2.24, 2.45) is 5.73 Å². The lowest BCUT2D eigenvalue weighted by molar-refractivity contribution is -0.0334. The highest BCUT2D eigenvalue weighted by atomic mass is 16.5. The Balaban J connectivity index is 1.82. The summed E-state index contributed by atoms with van der Waals surface area (Å²) in [7, 11) is 0. The highest BCUT2D eigenvalue weighted by Gasteiger charge is 2.23. The quantitative estimate of drug-likeness (QED) is 0.785. The van der Waals surface area contributed by atoms with Gasteiger partial charge in [0.1, 0.15) is 18.5 Å². The van der Waals surface area contributed by atoms with Gasteiger partial charge >= 0.3 is 0 Å². The molecule has 2 rings (SSSR count). The van der Waals surface area contributed by atoms with E-state index in [-0.39, 0.29) is 6.61 Å². The number of hydrogen-bond donors (Lipinski definition) is 2. The molecule has 0 amide bonds. The maximum atomic E-state index is 10.2. The van der Waals surface area contributed by atoms with E-state index in [4.69, 9.17) is 15.2 Å². The molecule has 1 aromatic carbocycles. The Labute approximate surface area is 126 Å². The Morgan fingerprint density at radius 1 is 1.48 bits per heavy atom. The third-order valence-electron chi connectivity index (χ3n) is 3.89. The summed E-state index contributed by atoms with van der Waals surface area (Å²) in [5.74, 6) is 0.757. The standard InChI is InChI=1S/C16H26N2O3/c1-2-14-11-20-8-7-18(14)10-15(19)12-21-16-6-4-3-5-13(16)9-17/h3-6,14-15,19H,2,7-12,17H2,1H3. The molecule has 1 saturated heterocycles. The van der Waals surface area contributed by atoms with Gasteiger partial charge in [0.25, 0.3) is 0 Å². The third kappa shape index (κ3) is 4.68. The van der Waals surface area contributed by atoms with Crippen molar-refractivity contribution in [3.8, 4) is 5.75 Å². The second kappa shape index (κ2) is 8.34. The van der Waals surface area contributed by atoms with Crippen LogP contribution in [0.4, 0.5) is 0 Å². The van der Waals surface area contributed by atoms with E-state index in [2.05, 4.69) is 11.8 Å². The summed E-state index contributed by atoms with van der Waals surface area (Å²) in [5.41, 5.74) is 6.64. The van der Waals surface area contributed by atoms with Crippen molar-refractivity contribution in [2.75, 3.05) is 32.9 Å². The molecule has 0 radical (unpaired) electrons. The highest BCUT2D eigenvalue weighted by molar-refractivity contribution is 5.32. The molecule has 0 spiro atoms. The zero-order valence-electron chi connectivity index (χ0n) is 12.7. The van der Waals surface area contributed by atoms with Crippen molar-refractivity contribution >= 4 is 0 Å². The van der Waals surface area contributed by atoms with E-state index in [1.54, 1.807) is 0 Å². The Morgan fingerprint density at radius 2 is 2.29 bits per heavy atom. The molecule has 1 aliphatic rings. The average Bonchev–Trinajstić information content (AvgIpc) is 2.53. The molecule has 21 heavy (non-hydrogen) atoms. The first kappa shape index (κ1) is 16.2. The zero-order chi connectivity index (χ0) is 15.1. The minimum atomic E-state index is -0.511. The summed E-state index contributed by atoms with van der Waals surface area (Å²) in [4.78, 5) is 2.28. The Kier molecular flexibility index (Phi) is 6.45. The van der Waals surface area contributed by atoms with Gasteiger partial charge in [0.05, 0.1) is 13.2 Å². The summed E-state index contributed by atoms with van der Waals surface area (Å²) in [6.45, 7) is 5.84. The summed E-state index contributed by atoms with van der Waals surface area (Å²) in [5, 5.41) is 10.2. The number of nitrogens with zero attached hydrogens (tertiary/aromatic N) is 1. The fourth-order valence-electron chi connectivity index (χ4n) is 2.63. The summed E-state index contributed by atoms with van der Waals surface area (Å²) in [6.07, 6.45) is 0.520. The van der Waals surface area contributed by atoms with E-state index >= 15 is 0 Å². The van der Waals surface area contributed by atoms with Gasteiger partial charge < -0.3 is 20.3 Å². The average molecular weight is 294 g/mol. The number of benzene rings is 1. The predicted octanol–water partition coefficient (Wildman–Crippen LogP) is 0.996. The van der Waals surface area contributed by atoms with Crippen LogP contribution in [0.5, 0.6) is 5.75 Å². The molecule has 0 aromatic heterocycles. The SMILES string of the molecule is CCC1COCCN1CC(O)COc1ccccc1CN. The number of aliphatic hydroxyl groups excluding tert-OH is 1. The second-order valence-corrected chi connectivity index (χ2v) is 5.41. The molecule has 0 bridgehead atoms. The van der Waals surface area contributed by atoms with E-state index in [0.29, 0.717) is 19.1 Å². The lowest BCUT2D eigenvalue weighted by atomic mass is 10.1. The first-order valence-electron chi connectivity index (χ1n) is 7.65. The van der Waals surface area contributed by atoms with Gasteiger partial charge in [-0.1, -0.05) is 25.1 Å². The number of hydrogen-bond acceptors (Lipinski definition) is 5. The first-order chi connectivity index (χ1) is 10.2. The number of β-amino-alcohol motifs (C(OH)–C–C–N with tert-alkyl or cyclic N) is 1. The van der Waals surface area contributed by atoms with Gasteiger partial charge in [-0.05, 0) is 12.5 Å². The number of aliphatic hydroxyl groups is 1. The first-order valence-corrected chi connectivity index (χ1v) is 7.65. The molecule has 5 heteroatoms. The topological polar surface area (TPSA) is 68.0 Å². The number of para-hydroxylation sites is 1. The molecule has 0 saturated carbocycles. The minimum absolute atomic E-state index is 0.283. The van der Waals surface area contributed by atoms with Crippen molar-refractivity contribution in [3.63, 3.8) is 0 Å². The maximum absolute atomic E-state index is 10.2. The maximum Gasteiger partial charge on any atom is 0.123 e. The summed E-state index contributed by atoms with van der Waals surface area (Å²) in [6, 6.07) is 8.07. The van der Waals surface area contributed by atoms with Crippen LogP contribution < -0.4 is 10.5 Å². The highest BCUT2D eigenvalue weighted by Crippen LogP contribution is 2.17. The van der Waals surface area contributed by atoms with E-state index in [9.17, 15) is 5.11 Å². The van der Waals surface area contributed by atoms with Crippen LogP contribution in [0.1, 0.15) is 18.9 Å². The zero-order valence-corrected chi connectivity index (χ0v) is 12.7. The summed E-state index contributed by atoms with van der Waals surface area (Å²) < 4.78 is 11.2. The molecule has 5 nitrogen and oxygen atoms in total. The van der Waals surface area contributed by atoms with Gasteiger partial charge in [0.15, 0.2) is 0 Å². The number of nitrogens with two attached hydrogens (primary N) is 1. The van der Waals surface area contributed by atoms with Crippen molar-refractivity contribution < 1.29 is 14.6 Å². The van der Waals surface area contributed by atoms with Crippen molar-refractivity contribution in [1.29, 1.82) is 0 Å². The monoisotopic (exact) mass is 294 g/mol. The molecular weight excluding hydrogens is 268 g/mol. The van der Waals surface area contributed by atoms with Gasteiger partial charge in [-0.25, -0.2) is 0 Å². The van der Waals surface area contributed by atoms with Gasteiger partial charge in [-0.2, -0.15) is 0 Å². The molecule has 1 heterocycles. The predicted molar refractivity (Wildman–Crippen MR) is 82.3 cm³/mol. The number of morpholine rings is 1. The van der Waals surface area contributed by atoms with Gasteiger partial charge in [-0.15, -0.1) is 0 Å². The molecule has 2 unspecified atom stereocenters. The fourth-order valence-corrected chi connectivity index (χ4v) is 2.63. The van der Waals surface area contributed by atoms with Gasteiger partial charge in [-0.3, -0.25) is 4.90 Å².